The highest BCUT2D eigenvalue weighted by Crippen LogP contribution is 2.42. The average Bonchev–Trinajstić information content (AvgIpc) is 2.87. The number of carboxylic acid groups (broad SMARTS) is 1. The number of rotatable bonds is 4. The average molecular weight is 240 g/mol. The van der Waals surface area contributed by atoms with Crippen molar-refractivity contribution in [3.8, 4) is 0 Å². The number of hydrogen-bond donors (Lipinski definition) is 2. The topological polar surface area (TPSA) is 83.6 Å². The molecule has 5 heteroatoms. The van der Waals surface area contributed by atoms with E-state index in [2.05, 4.69) is 0 Å². The first-order chi connectivity index (χ1) is 8.10. The molecule has 2 aliphatic rings. The summed E-state index contributed by atoms with van der Waals surface area (Å²) in [4.78, 5) is 25.2. The summed E-state index contributed by atoms with van der Waals surface area (Å²) in [5.74, 6) is -1.22. The summed E-state index contributed by atoms with van der Waals surface area (Å²) in [6.07, 6.45) is 3.12. The van der Waals surface area contributed by atoms with Crippen LogP contribution in [0.4, 0.5) is 0 Å². The third kappa shape index (κ3) is 1.92. The van der Waals surface area contributed by atoms with Crippen molar-refractivity contribution in [2.45, 2.75) is 44.7 Å². The van der Waals surface area contributed by atoms with Crippen molar-refractivity contribution in [3.05, 3.63) is 0 Å². The maximum absolute atomic E-state index is 12.3. The molecule has 2 saturated heterocycles. The van der Waals surface area contributed by atoms with E-state index >= 15 is 0 Å². The molecule has 0 aromatic carbocycles. The van der Waals surface area contributed by atoms with Crippen LogP contribution < -0.4 is 5.73 Å². The van der Waals surface area contributed by atoms with Crippen LogP contribution in [0.15, 0.2) is 0 Å². The largest absolute Gasteiger partial charge is 0.481 e. The number of carbonyl (C=O) groups is 2. The van der Waals surface area contributed by atoms with E-state index in [1.54, 1.807) is 0 Å². The van der Waals surface area contributed by atoms with Gasteiger partial charge >= 0.3 is 5.97 Å². The zero-order valence-electron chi connectivity index (χ0n) is 10.1. The number of carbonyl (C=O) groups excluding carboxylic acids is 1. The lowest BCUT2D eigenvalue weighted by molar-refractivity contribution is -0.143. The Labute approximate surface area is 101 Å². The molecule has 2 aliphatic heterocycles. The summed E-state index contributed by atoms with van der Waals surface area (Å²) < 4.78 is 0. The molecule has 2 fully saturated rings. The smallest absolute Gasteiger partial charge is 0.308 e. The number of hydrogen-bond acceptors (Lipinski definition) is 3. The van der Waals surface area contributed by atoms with Gasteiger partial charge in [-0.1, -0.05) is 6.92 Å². The number of carboxylic acids is 1. The normalized spacial score (nSPS) is 32.8. The second-order valence-electron chi connectivity index (χ2n) is 5.07. The lowest BCUT2D eigenvalue weighted by Gasteiger charge is -2.26. The molecule has 0 spiro atoms. The van der Waals surface area contributed by atoms with Crippen molar-refractivity contribution in [3.63, 3.8) is 0 Å². The molecule has 1 amide bonds. The van der Waals surface area contributed by atoms with Gasteiger partial charge in [0.05, 0.1) is 11.8 Å². The highest BCUT2D eigenvalue weighted by Gasteiger charge is 2.51. The molecule has 0 aromatic heterocycles. The summed E-state index contributed by atoms with van der Waals surface area (Å²) in [6, 6.07) is 0.0415. The molecular formula is C12H20N2O3. The third-order valence-corrected chi connectivity index (χ3v) is 4.24. The van der Waals surface area contributed by atoms with Crippen LogP contribution in [0.2, 0.25) is 0 Å². The number of nitrogens with zero attached hydrogens (tertiary/aromatic N) is 1. The highest BCUT2D eigenvalue weighted by atomic mass is 16.4. The van der Waals surface area contributed by atoms with Gasteiger partial charge in [0.1, 0.15) is 0 Å². The number of aliphatic carboxylic acids is 1. The van der Waals surface area contributed by atoms with Gasteiger partial charge in [-0.05, 0) is 25.7 Å². The Kier molecular flexibility index (Phi) is 3.38. The minimum Gasteiger partial charge on any atom is -0.481 e. The molecule has 96 valence electrons. The molecule has 0 saturated carbocycles. The van der Waals surface area contributed by atoms with Crippen LogP contribution in [0.1, 0.15) is 32.6 Å². The first kappa shape index (κ1) is 12.4. The maximum Gasteiger partial charge on any atom is 0.308 e. The number of amides is 1. The van der Waals surface area contributed by atoms with Crippen LogP contribution in [0.3, 0.4) is 0 Å². The van der Waals surface area contributed by atoms with Gasteiger partial charge in [-0.3, -0.25) is 9.59 Å². The van der Waals surface area contributed by atoms with E-state index in [9.17, 15) is 9.59 Å². The summed E-state index contributed by atoms with van der Waals surface area (Å²) >= 11 is 0. The quantitative estimate of drug-likeness (QED) is 0.746. The molecule has 0 aliphatic carbocycles. The molecular weight excluding hydrogens is 220 g/mol. The van der Waals surface area contributed by atoms with E-state index in [-0.39, 0.29) is 29.8 Å². The molecule has 4 unspecified atom stereocenters. The van der Waals surface area contributed by atoms with Gasteiger partial charge in [0, 0.05) is 18.6 Å². The monoisotopic (exact) mass is 240 g/mol. The van der Waals surface area contributed by atoms with Crippen molar-refractivity contribution in [1.29, 1.82) is 0 Å². The Morgan fingerprint density at radius 1 is 1.47 bits per heavy atom. The summed E-state index contributed by atoms with van der Waals surface area (Å²) in [5.41, 5.74) is 5.59. The fraction of sp³-hybridized carbons (Fsp3) is 0.833. The molecule has 3 N–H and O–H groups in total. The number of nitrogens with two attached hydrogens (primary N) is 1. The van der Waals surface area contributed by atoms with Crippen LogP contribution >= 0.6 is 0 Å². The Morgan fingerprint density at radius 2 is 2.18 bits per heavy atom. The van der Waals surface area contributed by atoms with Crippen molar-refractivity contribution in [1.82, 2.24) is 4.90 Å². The van der Waals surface area contributed by atoms with Gasteiger partial charge in [0.2, 0.25) is 5.91 Å². The van der Waals surface area contributed by atoms with E-state index in [0.29, 0.717) is 13.0 Å². The van der Waals surface area contributed by atoms with Gasteiger partial charge < -0.3 is 15.7 Å². The fourth-order valence-electron chi connectivity index (χ4n) is 3.25. The Balaban J connectivity index is 2.13. The zero-order chi connectivity index (χ0) is 12.6. The SMILES string of the molecule is CCC(CN)C(=O)N1C2CCC1C(C(=O)O)C2. The first-order valence-electron chi connectivity index (χ1n) is 6.35. The van der Waals surface area contributed by atoms with E-state index in [1.807, 2.05) is 11.8 Å². The molecule has 0 radical (unpaired) electrons. The highest BCUT2D eigenvalue weighted by molar-refractivity contribution is 5.82. The molecule has 4 atom stereocenters. The molecule has 5 nitrogen and oxygen atoms in total. The van der Waals surface area contributed by atoms with Gasteiger partial charge in [0.25, 0.3) is 0 Å². The van der Waals surface area contributed by atoms with Crippen molar-refractivity contribution in [2.75, 3.05) is 6.54 Å². The van der Waals surface area contributed by atoms with Crippen molar-refractivity contribution < 1.29 is 14.7 Å². The van der Waals surface area contributed by atoms with E-state index < -0.39 is 5.97 Å². The fourth-order valence-corrected chi connectivity index (χ4v) is 3.25. The Hall–Kier alpha value is -1.10. The molecule has 2 bridgehead atoms. The standard InChI is InChI=1S/C12H20N2O3/c1-2-7(6-13)11(15)14-8-3-4-10(14)9(5-8)12(16)17/h7-10H,2-6,13H2,1H3,(H,16,17). The maximum atomic E-state index is 12.3. The van der Waals surface area contributed by atoms with Crippen LogP contribution in [-0.4, -0.2) is 40.5 Å². The first-order valence-corrected chi connectivity index (χ1v) is 6.35. The summed E-state index contributed by atoms with van der Waals surface area (Å²) in [6.45, 7) is 2.30. The third-order valence-electron chi connectivity index (χ3n) is 4.24. The van der Waals surface area contributed by atoms with Gasteiger partial charge in [-0.25, -0.2) is 0 Å². The summed E-state index contributed by atoms with van der Waals surface area (Å²) in [5, 5.41) is 9.13. The second kappa shape index (κ2) is 4.64. The zero-order valence-corrected chi connectivity index (χ0v) is 10.1. The van der Waals surface area contributed by atoms with Crippen molar-refractivity contribution in [2.24, 2.45) is 17.6 Å². The molecule has 0 aromatic rings. The van der Waals surface area contributed by atoms with Crippen LogP contribution in [0.5, 0.6) is 0 Å². The molecule has 2 heterocycles. The molecule has 2 rings (SSSR count). The van der Waals surface area contributed by atoms with Crippen LogP contribution in [-0.2, 0) is 9.59 Å². The predicted molar refractivity (Wildman–Crippen MR) is 62.2 cm³/mol. The Bertz CT molecular complexity index is 328. The predicted octanol–water partition coefficient (Wildman–Crippen LogP) is 0.435. The summed E-state index contributed by atoms with van der Waals surface area (Å²) in [7, 11) is 0. The Morgan fingerprint density at radius 3 is 2.65 bits per heavy atom. The van der Waals surface area contributed by atoms with Crippen LogP contribution in [0, 0.1) is 11.8 Å². The van der Waals surface area contributed by atoms with E-state index in [4.69, 9.17) is 10.8 Å². The van der Waals surface area contributed by atoms with Gasteiger partial charge in [-0.15, -0.1) is 0 Å². The van der Waals surface area contributed by atoms with E-state index in [1.165, 1.54) is 0 Å². The lowest BCUT2D eigenvalue weighted by Crippen LogP contribution is -2.43. The molecule has 17 heavy (non-hydrogen) atoms. The second-order valence-corrected chi connectivity index (χ2v) is 5.07. The lowest BCUT2D eigenvalue weighted by atomic mass is 9.89. The van der Waals surface area contributed by atoms with Gasteiger partial charge in [0.15, 0.2) is 0 Å². The minimum atomic E-state index is -0.768. The number of fused-ring (bicyclic) bond motifs is 2. The van der Waals surface area contributed by atoms with Crippen molar-refractivity contribution >= 4 is 11.9 Å². The minimum absolute atomic E-state index is 0.0613. The van der Waals surface area contributed by atoms with Gasteiger partial charge in [-0.2, -0.15) is 0 Å². The van der Waals surface area contributed by atoms with Crippen LogP contribution in [0.25, 0.3) is 0 Å². The van der Waals surface area contributed by atoms with E-state index in [0.717, 1.165) is 19.3 Å².